The van der Waals surface area contributed by atoms with Crippen molar-refractivity contribution in [2.45, 2.75) is 25.8 Å². The molecule has 0 aliphatic carbocycles. The minimum Gasteiger partial charge on any atom is -0.480 e. The van der Waals surface area contributed by atoms with E-state index in [1.165, 1.54) is 17.0 Å². The monoisotopic (exact) mass is 309 g/mol. The summed E-state index contributed by atoms with van der Waals surface area (Å²) in [5.74, 6) is -1.85. The molecule has 2 atom stereocenters. The molecule has 2 rings (SSSR count). The summed E-state index contributed by atoms with van der Waals surface area (Å²) < 4.78 is 18.3. The lowest BCUT2D eigenvalue weighted by molar-refractivity contribution is -0.160. The Hall–Kier alpha value is -1.95. The number of carboxylic acids is 1. The average molecular weight is 309 g/mol. The first-order valence-electron chi connectivity index (χ1n) is 7.34. The van der Waals surface area contributed by atoms with Gasteiger partial charge in [-0.25, -0.2) is 9.18 Å². The van der Waals surface area contributed by atoms with Crippen molar-refractivity contribution >= 4 is 11.9 Å². The highest BCUT2D eigenvalue weighted by atomic mass is 19.1. The van der Waals surface area contributed by atoms with Crippen molar-refractivity contribution in [3.63, 3.8) is 0 Å². The first kappa shape index (κ1) is 16.4. The van der Waals surface area contributed by atoms with Gasteiger partial charge in [0, 0.05) is 12.5 Å². The van der Waals surface area contributed by atoms with Crippen LogP contribution in [-0.4, -0.2) is 47.7 Å². The van der Waals surface area contributed by atoms with Gasteiger partial charge in [0.25, 0.3) is 0 Å². The molecule has 120 valence electrons. The van der Waals surface area contributed by atoms with Crippen molar-refractivity contribution in [1.82, 2.24) is 4.90 Å². The van der Waals surface area contributed by atoms with Gasteiger partial charge in [-0.1, -0.05) is 19.1 Å². The van der Waals surface area contributed by atoms with E-state index in [0.29, 0.717) is 26.0 Å². The highest BCUT2D eigenvalue weighted by Gasteiger charge is 2.34. The molecule has 0 bridgehead atoms. The lowest BCUT2D eigenvalue weighted by Crippen LogP contribution is -2.54. The Bertz CT molecular complexity index is 549. The Morgan fingerprint density at radius 3 is 2.95 bits per heavy atom. The first-order chi connectivity index (χ1) is 10.5. The number of hydrogen-bond acceptors (Lipinski definition) is 3. The minimum atomic E-state index is -1.05. The fourth-order valence-electron chi connectivity index (χ4n) is 2.55. The molecular weight excluding hydrogens is 289 g/mol. The fraction of sp³-hybridized carbons (Fsp3) is 0.500. The van der Waals surface area contributed by atoms with E-state index < -0.39 is 12.0 Å². The maximum atomic E-state index is 13.1. The Balaban J connectivity index is 1.94. The van der Waals surface area contributed by atoms with Crippen LogP contribution in [0.3, 0.4) is 0 Å². The number of ether oxygens (including phenoxy) is 1. The van der Waals surface area contributed by atoms with Crippen molar-refractivity contribution < 1.29 is 23.8 Å². The van der Waals surface area contributed by atoms with Gasteiger partial charge in [0.05, 0.1) is 13.2 Å². The summed E-state index contributed by atoms with van der Waals surface area (Å²) in [6.45, 7) is 2.44. The molecule has 1 aromatic rings. The molecule has 1 N–H and O–H groups in total. The molecule has 1 saturated heterocycles. The molecule has 0 radical (unpaired) electrons. The second-order valence-corrected chi connectivity index (χ2v) is 5.53. The third-order valence-corrected chi connectivity index (χ3v) is 3.87. The zero-order valence-electron chi connectivity index (χ0n) is 12.5. The molecule has 0 saturated carbocycles. The number of benzene rings is 1. The van der Waals surface area contributed by atoms with Crippen molar-refractivity contribution in [2.24, 2.45) is 5.92 Å². The zero-order valence-corrected chi connectivity index (χ0v) is 12.5. The second-order valence-electron chi connectivity index (χ2n) is 5.53. The van der Waals surface area contributed by atoms with Crippen molar-refractivity contribution in [3.8, 4) is 0 Å². The first-order valence-corrected chi connectivity index (χ1v) is 7.34. The maximum absolute atomic E-state index is 13.1. The molecule has 1 fully saturated rings. The summed E-state index contributed by atoms with van der Waals surface area (Å²) in [4.78, 5) is 25.0. The smallest absolute Gasteiger partial charge is 0.328 e. The van der Waals surface area contributed by atoms with Crippen molar-refractivity contribution in [1.29, 1.82) is 0 Å². The average Bonchev–Trinajstić information content (AvgIpc) is 2.52. The van der Waals surface area contributed by atoms with Gasteiger partial charge >= 0.3 is 5.97 Å². The predicted molar refractivity (Wildman–Crippen MR) is 77.8 cm³/mol. The Labute approximate surface area is 128 Å². The van der Waals surface area contributed by atoms with Crippen molar-refractivity contribution in [2.75, 3.05) is 19.8 Å². The van der Waals surface area contributed by atoms with E-state index in [4.69, 9.17) is 9.84 Å². The number of morpholine rings is 1. The normalized spacial score (nSPS) is 19.7. The van der Waals surface area contributed by atoms with Gasteiger partial charge in [-0.2, -0.15) is 0 Å². The highest BCUT2D eigenvalue weighted by molar-refractivity contribution is 5.85. The third kappa shape index (κ3) is 4.04. The highest BCUT2D eigenvalue weighted by Crippen LogP contribution is 2.17. The van der Waals surface area contributed by atoms with Gasteiger partial charge in [-0.05, 0) is 30.5 Å². The van der Waals surface area contributed by atoms with E-state index in [1.807, 2.05) is 6.07 Å². The number of nitrogens with zero attached hydrogens (tertiary/aromatic N) is 1. The zero-order chi connectivity index (χ0) is 16.1. The molecule has 1 aromatic carbocycles. The van der Waals surface area contributed by atoms with Crippen LogP contribution in [0.4, 0.5) is 4.39 Å². The third-order valence-electron chi connectivity index (χ3n) is 3.87. The summed E-state index contributed by atoms with van der Waals surface area (Å²) >= 11 is 0. The summed E-state index contributed by atoms with van der Waals surface area (Å²) in [7, 11) is 0. The number of carboxylic acid groups (broad SMARTS) is 1. The molecular formula is C16H20FNO4. The van der Waals surface area contributed by atoms with E-state index in [9.17, 15) is 14.0 Å². The number of carbonyl (C=O) groups excluding carboxylic acids is 1. The number of aryl methyl sites for hydroxylation is 1. The lowest BCUT2D eigenvalue weighted by atomic mass is 9.99. The molecule has 22 heavy (non-hydrogen) atoms. The maximum Gasteiger partial charge on any atom is 0.328 e. The van der Waals surface area contributed by atoms with E-state index in [1.54, 1.807) is 13.0 Å². The predicted octanol–water partition coefficient (Wildman–Crippen LogP) is 1.71. The fourth-order valence-corrected chi connectivity index (χ4v) is 2.55. The number of halogens is 1. The van der Waals surface area contributed by atoms with Gasteiger partial charge in [0.1, 0.15) is 5.82 Å². The number of rotatable bonds is 5. The molecule has 6 heteroatoms. The standard InChI is InChI=1S/C16H20FNO4/c1-11(5-6-12-3-2-4-13(17)9-12)15(19)18-7-8-22-10-14(18)16(20)21/h2-4,9,11,14H,5-8,10H2,1H3,(H,20,21)/t11-,14+/m1/s1. The van der Waals surface area contributed by atoms with Crippen LogP contribution in [0, 0.1) is 11.7 Å². The number of hydrogen-bond donors (Lipinski definition) is 1. The van der Waals surface area contributed by atoms with Crippen LogP contribution < -0.4 is 0 Å². The van der Waals surface area contributed by atoms with Crippen LogP contribution in [0.1, 0.15) is 18.9 Å². The second kappa shape index (κ2) is 7.35. The molecule has 0 aromatic heterocycles. The molecule has 5 nitrogen and oxygen atoms in total. The Kier molecular flexibility index (Phi) is 5.49. The van der Waals surface area contributed by atoms with E-state index in [2.05, 4.69) is 0 Å². The summed E-state index contributed by atoms with van der Waals surface area (Å²) in [5.41, 5.74) is 0.830. The number of aliphatic carboxylic acids is 1. The SMILES string of the molecule is C[C@H](CCc1cccc(F)c1)C(=O)N1CCOC[C@H]1C(=O)O. The van der Waals surface area contributed by atoms with Gasteiger partial charge in [0.2, 0.25) is 5.91 Å². The summed E-state index contributed by atoms with van der Waals surface area (Å²) in [6, 6.07) is 5.36. The van der Waals surface area contributed by atoms with Crippen LogP contribution in [0.15, 0.2) is 24.3 Å². The number of amides is 1. The largest absolute Gasteiger partial charge is 0.480 e. The molecule has 1 aliphatic heterocycles. The quantitative estimate of drug-likeness (QED) is 0.899. The number of carbonyl (C=O) groups is 2. The van der Waals surface area contributed by atoms with Crippen LogP contribution in [-0.2, 0) is 20.7 Å². The van der Waals surface area contributed by atoms with Crippen LogP contribution in [0.25, 0.3) is 0 Å². The Morgan fingerprint density at radius 2 is 2.27 bits per heavy atom. The minimum absolute atomic E-state index is 0.0255. The van der Waals surface area contributed by atoms with Gasteiger partial charge < -0.3 is 14.7 Å². The van der Waals surface area contributed by atoms with Crippen LogP contribution >= 0.6 is 0 Å². The van der Waals surface area contributed by atoms with Gasteiger partial charge in [0.15, 0.2) is 6.04 Å². The molecule has 0 spiro atoms. The van der Waals surface area contributed by atoms with E-state index >= 15 is 0 Å². The van der Waals surface area contributed by atoms with Crippen LogP contribution in [0.5, 0.6) is 0 Å². The topological polar surface area (TPSA) is 66.8 Å². The van der Waals surface area contributed by atoms with E-state index in [0.717, 1.165) is 5.56 Å². The van der Waals surface area contributed by atoms with Crippen molar-refractivity contribution in [3.05, 3.63) is 35.6 Å². The Morgan fingerprint density at radius 1 is 1.50 bits per heavy atom. The lowest BCUT2D eigenvalue weighted by Gasteiger charge is -2.34. The molecule has 0 unspecified atom stereocenters. The van der Waals surface area contributed by atoms with E-state index in [-0.39, 0.29) is 24.2 Å². The van der Waals surface area contributed by atoms with Crippen LogP contribution in [0.2, 0.25) is 0 Å². The summed E-state index contributed by atoms with van der Waals surface area (Å²) in [6.07, 6.45) is 1.12. The van der Waals surface area contributed by atoms with Gasteiger partial charge in [-0.3, -0.25) is 4.79 Å². The summed E-state index contributed by atoms with van der Waals surface area (Å²) in [5, 5.41) is 9.16. The van der Waals surface area contributed by atoms with Gasteiger partial charge in [-0.15, -0.1) is 0 Å². The molecule has 1 heterocycles. The molecule has 1 amide bonds. The molecule has 1 aliphatic rings.